The first-order valence-corrected chi connectivity index (χ1v) is 5.80. The van der Waals surface area contributed by atoms with Gasteiger partial charge in [0.05, 0.1) is 13.2 Å². The molecule has 0 amide bonds. The van der Waals surface area contributed by atoms with E-state index in [9.17, 15) is 10.2 Å². The summed E-state index contributed by atoms with van der Waals surface area (Å²) in [7, 11) is 0. The number of ether oxygens (including phenoxy) is 3. The quantitative estimate of drug-likeness (QED) is 0.722. The van der Waals surface area contributed by atoms with Crippen molar-refractivity contribution in [3.63, 3.8) is 0 Å². The van der Waals surface area contributed by atoms with E-state index in [4.69, 9.17) is 14.2 Å². The Morgan fingerprint density at radius 2 is 1.81 bits per heavy atom. The Morgan fingerprint density at radius 3 is 2.25 bits per heavy atom. The lowest BCUT2D eigenvalue weighted by atomic mass is 9.83. The van der Waals surface area contributed by atoms with Gasteiger partial charge in [-0.25, -0.2) is 0 Å². The van der Waals surface area contributed by atoms with Crippen LogP contribution in [-0.2, 0) is 14.2 Å². The number of aliphatic hydroxyl groups is 2. The Labute approximate surface area is 95.3 Å². The van der Waals surface area contributed by atoms with Gasteiger partial charge in [-0.15, -0.1) is 0 Å². The van der Waals surface area contributed by atoms with E-state index in [1.54, 1.807) is 0 Å². The summed E-state index contributed by atoms with van der Waals surface area (Å²) in [4.78, 5) is 0. The summed E-state index contributed by atoms with van der Waals surface area (Å²) in [5, 5.41) is 20.8. The summed E-state index contributed by atoms with van der Waals surface area (Å²) < 4.78 is 16.0. The molecule has 2 saturated heterocycles. The molecule has 0 aromatic carbocycles. The molecular weight excluding hydrogens is 212 g/mol. The first kappa shape index (κ1) is 12.3. The molecule has 2 N–H and O–H groups in total. The lowest BCUT2D eigenvalue weighted by Gasteiger charge is -2.52. The highest BCUT2D eigenvalue weighted by molar-refractivity contribution is 5.04. The van der Waals surface area contributed by atoms with Gasteiger partial charge in [0.2, 0.25) is 11.6 Å². The zero-order valence-corrected chi connectivity index (χ0v) is 9.97. The minimum Gasteiger partial charge on any atom is -0.372 e. The van der Waals surface area contributed by atoms with Gasteiger partial charge in [0.25, 0.3) is 0 Å². The Bertz CT molecular complexity index is 271. The molecule has 0 radical (unpaired) electrons. The maximum absolute atomic E-state index is 10.5. The molecule has 5 atom stereocenters. The van der Waals surface area contributed by atoms with E-state index in [1.165, 1.54) is 0 Å². The number of rotatable bonds is 3. The van der Waals surface area contributed by atoms with Crippen molar-refractivity contribution in [2.45, 2.75) is 38.4 Å². The van der Waals surface area contributed by atoms with Crippen molar-refractivity contribution in [3.8, 4) is 0 Å². The van der Waals surface area contributed by atoms with Crippen LogP contribution in [0.15, 0.2) is 0 Å². The predicted molar refractivity (Wildman–Crippen MR) is 55.5 cm³/mol. The standard InChI is InChI=1S/C11H20O5/c1-4-14-9-7(2)5-15-11(9,13)10(12)8(3)6-16-10/h7-9,12-13H,4-6H2,1-3H3. The first-order valence-electron chi connectivity index (χ1n) is 5.80. The maximum Gasteiger partial charge on any atom is 0.249 e. The van der Waals surface area contributed by atoms with E-state index in [-0.39, 0.29) is 11.8 Å². The van der Waals surface area contributed by atoms with E-state index in [0.717, 1.165) is 0 Å². The number of hydrogen-bond acceptors (Lipinski definition) is 5. The van der Waals surface area contributed by atoms with Gasteiger partial charge in [0.1, 0.15) is 6.10 Å². The van der Waals surface area contributed by atoms with Gasteiger partial charge in [-0.2, -0.15) is 0 Å². The molecule has 0 saturated carbocycles. The smallest absolute Gasteiger partial charge is 0.249 e. The fourth-order valence-electron chi connectivity index (χ4n) is 2.44. The number of hydrogen-bond donors (Lipinski definition) is 2. The van der Waals surface area contributed by atoms with Crippen LogP contribution in [-0.4, -0.2) is 47.7 Å². The van der Waals surface area contributed by atoms with Gasteiger partial charge in [0.15, 0.2) is 0 Å². The monoisotopic (exact) mass is 232 g/mol. The second-order valence-corrected chi connectivity index (χ2v) is 4.77. The van der Waals surface area contributed by atoms with Crippen LogP contribution in [0.2, 0.25) is 0 Å². The Hall–Kier alpha value is -0.200. The molecule has 2 aliphatic heterocycles. The van der Waals surface area contributed by atoms with Crippen molar-refractivity contribution in [2.75, 3.05) is 19.8 Å². The normalized spacial score (nSPS) is 52.7. The largest absolute Gasteiger partial charge is 0.372 e. The minimum absolute atomic E-state index is 0.0328. The van der Waals surface area contributed by atoms with Gasteiger partial charge in [-0.05, 0) is 6.92 Å². The molecule has 2 heterocycles. The molecule has 0 aromatic rings. The van der Waals surface area contributed by atoms with Crippen LogP contribution in [0.5, 0.6) is 0 Å². The summed E-state index contributed by atoms with van der Waals surface area (Å²) in [5.74, 6) is -3.52. The summed E-state index contributed by atoms with van der Waals surface area (Å²) in [5.41, 5.74) is 0. The summed E-state index contributed by atoms with van der Waals surface area (Å²) in [6, 6.07) is 0. The van der Waals surface area contributed by atoms with Crippen LogP contribution in [0.25, 0.3) is 0 Å². The molecule has 2 fully saturated rings. The van der Waals surface area contributed by atoms with E-state index in [1.807, 2.05) is 20.8 Å². The Balaban J connectivity index is 2.22. The topological polar surface area (TPSA) is 68.2 Å². The van der Waals surface area contributed by atoms with E-state index >= 15 is 0 Å². The van der Waals surface area contributed by atoms with Crippen LogP contribution in [0.1, 0.15) is 20.8 Å². The fourth-order valence-corrected chi connectivity index (χ4v) is 2.44. The lowest BCUT2D eigenvalue weighted by molar-refractivity contribution is -0.456. The zero-order chi connectivity index (χ0) is 12.0. The zero-order valence-electron chi connectivity index (χ0n) is 9.97. The third-order valence-electron chi connectivity index (χ3n) is 3.55. The van der Waals surface area contributed by atoms with Crippen LogP contribution >= 0.6 is 0 Å². The van der Waals surface area contributed by atoms with Gasteiger partial charge in [-0.3, -0.25) is 0 Å². The summed E-state index contributed by atoms with van der Waals surface area (Å²) in [6.07, 6.45) is -0.551. The molecule has 2 aliphatic rings. The van der Waals surface area contributed by atoms with Gasteiger partial charge in [0, 0.05) is 18.4 Å². The molecule has 16 heavy (non-hydrogen) atoms. The third kappa shape index (κ3) is 1.43. The molecule has 94 valence electrons. The average molecular weight is 232 g/mol. The van der Waals surface area contributed by atoms with E-state index in [2.05, 4.69) is 0 Å². The van der Waals surface area contributed by atoms with Crippen molar-refractivity contribution in [3.05, 3.63) is 0 Å². The molecule has 5 nitrogen and oxygen atoms in total. The molecule has 0 aliphatic carbocycles. The van der Waals surface area contributed by atoms with Crippen LogP contribution < -0.4 is 0 Å². The molecular formula is C11H20O5. The molecule has 0 bridgehead atoms. The average Bonchev–Trinajstić information content (AvgIpc) is 2.56. The van der Waals surface area contributed by atoms with E-state index in [0.29, 0.717) is 19.8 Å². The Kier molecular flexibility index (Phi) is 3.01. The summed E-state index contributed by atoms with van der Waals surface area (Å²) >= 11 is 0. The fraction of sp³-hybridized carbons (Fsp3) is 1.00. The SMILES string of the molecule is CCOC1C(C)COC1(O)C1(O)OCC1C. The van der Waals surface area contributed by atoms with Crippen LogP contribution in [0, 0.1) is 11.8 Å². The third-order valence-corrected chi connectivity index (χ3v) is 3.55. The summed E-state index contributed by atoms with van der Waals surface area (Å²) in [6.45, 7) is 6.84. The highest BCUT2D eigenvalue weighted by atomic mass is 16.7. The van der Waals surface area contributed by atoms with Gasteiger partial charge >= 0.3 is 0 Å². The first-order chi connectivity index (χ1) is 7.45. The van der Waals surface area contributed by atoms with Crippen molar-refractivity contribution in [1.29, 1.82) is 0 Å². The van der Waals surface area contributed by atoms with Gasteiger partial charge < -0.3 is 24.4 Å². The van der Waals surface area contributed by atoms with Crippen molar-refractivity contribution < 1.29 is 24.4 Å². The molecule has 5 unspecified atom stereocenters. The predicted octanol–water partition coefficient (Wildman–Crippen LogP) is 0.101. The molecule has 5 heteroatoms. The van der Waals surface area contributed by atoms with Crippen molar-refractivity contribution in [1.82, 2.24) is 0 Å². The molecule has 0 spiro atoms. The Morgan fingerprint density at radius 1 is 1.19 bits per heavy atom. The van der Waals surface area contributed by atoms with Crippen molar-refractivity contribution >= 4 is 0 Å². The highest BCUT2D eigenvalue weighted by Crippen LogP contribution is 2.47. The molecule has 2 rings (SSSR count). The lowest BCUT2D eigenvalue weighted by Crippen LogP contribution is -2.71. The van der Waals surface area contributed by atoms with Crippen LogP contribution in [0.3, 0.4) is 0 Å². The van der Waals surface area contributed by atoms with Crippen molar-refractivity contribution in [2.24, 2.45) is 11.8 Å². The minimum atomic E-state index is -1.75. The maximum atomic E-state index is 10.5. The van der Waals surface area contributed by atoms with Crippen LogP contribution in [0.4, 0.5) is 0 Å². The van der Waals surface area contributed by atoms with E-state index < -0.39 is 17.7 Å². The second kappa shape index (κ2) is 3.92. The second-order valence-electron chi connectivity index (χ2n) is 4.77. The molecule has 0 aromatic heterocycles. The highest BCUT2D eigenvalue weighted by Gasteiger charge is 2.68. The van der Waals surface area contributed by atoms with Gasteiger partial charge in [-0.1, -0.05) is 13.8 Å².